The molecule has 0 aliphatic heterocycles. The van der Waals surface area contributed by atoms with E-state index in [9.17, 15) is 0 Å². The minimum absolute atomic E-state index is 0.416. The molecule has 0 amide bonds. The second-order valence-electron chi connectivity index (χ2n) is 2.62. The average molecular weight is 213 g/mol. The molecule has 1 fully saturated rings. The highest BCUT2D eigenvalue weighted by Gasteiger charge is 2.30. The summed E-state index contributed by atoms with van der Waals surface area (Å²) in [5.74, 6) is 1.47. The number of carboxylic acid groups (broad SMARTS) is 2. The van der Waals surface area contributed by atoms with E-state index >= 15 is 0 Å². The van der Waals surface area contributed by atoms with E-state index in [1.807, 2.05) is 6.08 Å². The smallest absolute Gasteiger partial charge is 0.450 e. The molecule has 0 spiro atoms. The summed E-state index contributed by atoms with van der Waals surface area (Å²) in [6.45, 7) is 2.19. The van der Waals surface area contributed by atoms with E-state index in [4.69, 9.17) is 38.2 Å². The summed E-state index contributed by atoms with van der Waals surface area (Å²) < 4.78 is 0.416. The van der Waals surface area contributed by atoms with E-state index in [-0.39, 0.29) is 0 Å². The molecule has 70 valence electrons. The Bertz CT molecular complexity index is 183. The van der Waals surface area contributed by atoms with Crippen LogP contribution in [0.2, 0.25) is 0 Å². The van der Waals surface area contributed by atoms with Crippen LogP contribution in [0.5, 0.6) is 0 Å². The van der Waals surface area contributed by atoms with Gasteiger partial charge in [-0.3, -0.25) is 0 Å². The first-order valence-corrected chi connectivity index (χ1v) is 4.13. The third-order valence-electron chi connectivity index (χ3n) is 1.51. The number of hydrogen-bond acceptors (Lipinski definition) is 1. The van der Waals surface area contributed by atoms with Crippen molar-refractivity contribution in [2.45, 2.75) is 13.3 Å². The molecule has 0 aromatic heterocycles. The third-order valence-corrected chi connectivity index (χ3v) is 1.76. The van der Waals surface area contributed by atoms with E-state index in [2.05, 4.69) is 6.92 Å². The Kier molecular flexibility index (Phi) is 5.09. The predicted molar refractivity (Wildman–Crippen MR) is 47.7 cm³/mol. The zero-order valence-corrected chi connectivity index (χ0v) is 8.01. The Morgan fingerprint density at radius 3 is 1.92 bits per heavy atom. The highest BCUT2D eigenvalue weighted by molar-refractivity contribution is 6.55. The van der Waals surface area contributed by atoms with Crippen molar-refractivity contribution in [1.29, 1.82) is 0 Å². The first kappa shape index (κ1) is 11.6. The topological polar surface area (TPSA) is 57.5 Å². The van der Waals surface area contributed by atoms with E-state index in [1.165, 1.54) is 6.42 Å². The number of carbonyl (C=O) groups is 1. The first-order chi connectivity index (χ1) is 5.43. The third kappa shape index (κ3) is 7.69. The van der Waals surface area contributed by atoms with Gasteiger partial charge in [0, 0.05) is 0 Å². The lowest BCUT2D eigenvalue weighted by Crippen LogP contribution is -1.81. The van der Waals surface area contributed by atoms with Crippen molar-refractivity contribution in [1.82, 2.24) is 0 Å². The van der Waals surface area contributed by atoms with Crippen LogP contribution in [-0.2, 0) is 0 Å². The summed E-state index contributed by atoms with van der Waals surface area (Å²) in [5.41, 5.74) is 0. The summed E-state index contributed by atoms with van der Waals surface area (Å²) in [7, 11) is 0. The van der Waals surface area contributed by atoms with Gasteiger partial charge in [-0.1, -0.05) is 36.2 Å². The molecule has 0 aromatic rings. The Labute approximate surface area is 80.6 Å². The van der Waals surface area contributed by atoms with Gasteiger partial charge in [-0.2, -0.15) is 0 Å². The molecule has 2 atom stereocenters. The van der Waals surface area contributed by atoms with Crippen LogP contribution in [0.25, 0.3) is 0 Å². The summed E-state index contributed by atoms with van der Waals surface area (Å²) >= 11 is 10.8. The maximum Gasteiger partial charge on any atom is 0.503 e. The van der Waals surface area contributed by atoms with Crippen LogP contribution in [0.15, 0.2) is 10.6 Å². The summed E-state index contributed by atoms with van der Waals surface area (Å²) in [6, 6.07) is 0. The molecule has 0 heterocycles. The quantitative estimate of drug-likeness (QED) is 0.703. The van der Waals surface area contributed by atoms with Gasteiger partial charge in [0.15, 0.2) is 0 Å². The molecule has 0 bridgehead atoms. The Hall–Kier alpha value is -0.410. The molecular formula is C7H10Cl2O3. The summed E-state index contributed by atoms with van der Waals surface area (Å²) in [4.78, 5) is 8.56. The number of hydrogen-bond donors (Lipinski definition) is 2. The molecule has 1 aliphatic rings. The molecule has 0 radical (unpaired) electrons. The van der Waals surface area contributed by atoms with Gasteiger partial charge in [-0.15, -0.1) is 0 Å². The molecule has 0 saturated heterocycles. The van der Waals surface area contributed by atoms with Crippen molar-refractivity contribution in [3.8, 4) is 0 Å². The van der Waals surface area contributed by atoms with Crippen molar-refractivity contribution in [2.75, 3.05) is 0 Å². The van der Waals surface area contributed by atoms with Crippen LogP contribution in [0.4, 0.5) is 4.79 Å². The normalized spacial score (nSPS) is 24.9. The zero-order chi connectivity index (χ0) is 9.72. The van der Waals surface area contributed by atoms with Crippen molar-refractivity contribution >= 4 is 29.4 Å². The second kappa shape index (κ2) is 5.27. The Morgan fingerprint density at radius 2 is 1.83 bits per heavy atom. The standard InChI is InChI=1S/C6H8Cl2.CH2O3/c1-4-2-5(4)3-6(7)8;2-1(3)4/h3-5H,2H2,1H3;(H2,2,3,4). The van der Waals surface area contributed by atoms with E-state index in [1.54, 1.807) is 0 Å². The largest absolute Gasteiger partial charge is 0.503 e. The highest BCUT2D eigenvalue weighted by atomic mass is 35.5. The van der Waals surface area contributed by atoms with Gasteiger partial charge in [-0.25, -0.2) is 4.79 Å². The highest BCUT2D eigenvalue weighted by Crippen LogP contribution is 2.40. The van der Waals surface area contributed by atoms with Crippen LogP contribution in [-0.4, -0.2) is 16.4 Å². The van der Waals surface area contributed by atoms with Gasteiger partial charge in [-0.05, 0) is 18.3 Å². The SMILES string of the molecule is CC1CC1C=C(Cl)Cl.O=C(O)O. The molecule has 1 saturated carbocycles. The van der Waals surface area contributed by atoms with Gasteiger partial charge in [0.2, 0.25) is 0 Å². The van der Waals surface area contributed by atoms with Gasteiger partial charge < -0.3 is 10.2 Å². The van der Waals surface area contributed by atoms with Crippen molar-refractivity contribution in [3.05, 3.63) is 10.6 Å². The molecule has 12 heavy (non-hydrogen) atoms. The Balaban J connectivity index is 0.000000261. The minimum Gasteiger partial charge on any atom is -0.450 e. The van der Waals surface area contributed by atoms with Crippen molar-refractivity contribution in [2.24, 2.45) is 11.8 Å². The molecule has 5 heteroatoms. The summed E-state index contributed by atoms with van der Waals surface area (Å²) in [5, 5.41) is 13.9. The van der Waals surface area contributed by atoms with E-state index in [0.29, 0.717) is 10.4 Å². The van der Waals surface area contributed by atoms with Gasteiger partial charge in [0.1, 0.15) is 4.49 Å². The minimum atomic E-state index is -1.83. The Morgan fingerprint density at radius 1 is 1.50 bits per heavy atom. The predicted octanol–water partition coefficient (Wildman–Crippen LogP) is 3.18. The molecule has 1 aliphatic carbocycles. The molecule has 2 N–H and O–H groups in total. The van der Waals surface area contributed by atoms with Crippen LogP contribution in [0.3, 0.4) is 0 Å². The van der Waals surface area contributed by atoms with Crippen LogP contribution in [0, 0.1) is 11.8 Å². The monoisotopic (exact) mass is 212 g/mol. The fourth-order valence-corrected chi connectivity index (χ4v) is 1.07. The van der Waals surface area contributed by atoms with Crippen molar-refractivity contribution < 1.29 is 15.0 Å². The zero-order valence-electron chi connectivity index (χ0n) is 6.50. The number of allylic oxidation sites excluding steroid dienone is 1. The van der Waals surface area contributed by atoms with Gasteiger partial charge >= 0.3 is 6.16 Å². The van der Waals surface area contributed by atoms with E-state index < -0.39 is 6.16 Å². The molecule has 1 rings (SSSR count). The van der Waals surface area contributed by atoms with E-state index in [0.717, 1.165) is 5.92 Å². The van der Waals surface area contributed by atoms with Crippen LogP contribution in [0.1, 0.15) is 13.3 Å². The molecular weight excluding hydrogens is 203 g/mol. The van der Waals surface area contributed by atoms with Crippen LogP contribution >= 0.6 is 23.2 Å². The maximum atomic E-state index is 8.56. The maximum absolute atomic E-state index is 8.56. The van der Waals surface area contributed by atoms with Gasteiger partial charge in [0.05, 0.1) is 0 Å². The van der Waals surface area contributed by atoms with Gasteiger partial charge in [0.25, 0.3) is 0 Å². The molecule has 0 aromatic carbocycles. The van der Waals surface area contributed by atoms with Crippen molar-refractivity contribution in [3.63, 3.8) is 0 Å². The fraction of sp³-hybridized carbons (Fsp3) is 0.571. The number of halogens is 2. The lowest BCUT2D eigenvalue weighted by atomic mass is 10.3. The average Bonchev–Trinajstić information content (AvgIpc) is 2.42. The molecule has 2 unspecified atom stereocenters. The van der Waals surface area contributed by atoms with Crippen LogP contribution < -0.4 is 0 Å². The number of rotatable bonds is 1. The second-order valence-corrected chi connectivity index (χ2v) is 3.62. The fourth-order valence-electron chi connectivity index (χ4n) is 0.745. The lowest BCUT2D eigenvalue weighted by molar-refractivity contribution is 0.137. The molecule has 3 nitrogen and oxygen atoms in total. The first-order valence-electron chi connectivity index (χ1n) is 3.38. The summed E-state index contributed by atoms with van der Waals surface area (Å²) in [6.07, 6.45) is 1.33. The lowest BCUT2D eigenvalue weighted by Gasteiger charge is -1.80.